The average molecular weight is 279 g/mol. The summed E-state index contributed by atoms with van der Waals surface area (Å²) < 4.78 is 13.1. The van der Waals surface area contributed by atoms with Gasteiger partial charge in [-0.3, -0.25) is 4.90 Å². The van der Waals surface area contributed by atoms with Crippen LogP contribution in [0.2, 0.25) is 0 Å². The van der Waals surface area contributed by atoms with Gasteiger partial charge >= 0.3 is 0 Å². The number of nitrogens with zero attached hydrogens (tertiary/aromatic N) is 2. The van der Waals surface area contributed by atoms with E-state index >= 15 is 0 Å². The number of hydrogen-bond donors (Lipinski definition) is 1. The van der Waals surface area contributed by atoms with Crippen molar-refractivity contribution in [2.45, 2.75) is 25.9 Å². The van der Waals surface area contributed by atoms with Crippen molar-refractivity contribution < 1.29 is 4.39 Å². The van der Waals surface area contributed by atoms with Crippen molar-refractivity contribution in [3.63, 3.8) is 0 Å². The van der Waals surface area contributed by atoms with E-state index in [2.05, 4.69) is 36.0 Å². The highest BCUT2D eigenvalue weighted by Gasteiger charge is 2.28. The first-order valence-corrected chi connectivity index (χ1v) is 7.36. The lowest BCUT2D eigenvalue weighted by Crippen LogP contribution is -2.57. The summed E-state index contributed by atoms with van der Waals surface area (Å²) in [6.45, 7) is 10.7. The van der Waals surface area contributed by atoms with E-state index in [0.29, 0.717) is 0 Å². The molecule has 4 heteroatoms. The second-order valence-corrected chi connectivity index (χ2v) is 6.34. The third-order valence-electron chi connectivity index (χ3n) is 4.14. The van der Waals surface area contributed by atoms with E-state index in [9.17, 15) is 4.39 Å². The first kappa shape index (κ1) is 15.4. The van der Waals surface area contributed by atoms with Gasteiger partial charge in [0.15, 0.2) is 0 Å². The highest BCUT2D eigenvalue weighted by Crippen LogP contribution is 2.16. The molecule has 1 saturated heterocycles. The fourth-order valence-corrected chi connectivity index (χ4v) is 2.68. The van der Waals surface area contributed by atoms with Crippen LogP contribution in [0.3, 0.4) is 0 Å². The number of likely N-dealkylation sites (N-methyl/N-ethyl adjacent to an activating group) is 1. The Hall–Kier alpha value is -0.970. The van der Waals surface area contributed by atoms with Gasteiger partial charge in [-0.05, 0) is 38.6 Å². The molecule has 1 N–H and O–H groups in total. The lowest BCUT2D eigenvalue weighted by atomic mass is 10.0. The van der Waals surface area contributed by atoms with Gasteiger partial charge in [0.25, 0.3) is 0 Å². The summed E-state index contributed by atoms with van der Waals surface area (Å²) >= 11 is 0. The third kappa shape index (κ3) is 4.27. The molecule has 0 unspecified atom stereocenters. The molecule has 1 fully saturated rings. The van der Waals surface area contributed by atoms with Crippen molar-refractivity contribution in [1.29, 1.82) is 0 Å². The van der Waals surface area contributed by atoms with Crippen LogP contribution in [-0.2, 0) is 6.54 Å². The highest BCUT2D eigenvalue weighted by atomic mass is 19.1. The van der Waals surface area contributed by atoms with Crippen molar-refractivity contribution in [3.8, 4) is 0 Å². The number of benzene rings is 1. The molecule has 0 radical (unpaired) electrons. The summed E-state index contributed by atoms with van der Waals surface area (Å²) in [6, 6.07) is 6.80. The Morgan fingerprint density at radius 1 is 1.20 bits per heavy atom. The molecule has 0 bridgehead atoms. The summed E-state index contributed by atoms with van der Waals surface area (Å²) in [5.74, 6) is -0.164. The molecular weight excluding hydrogens is 253 g/mol. The SMILES string of the molecule is CN1CCN(C(C)(C)CNCc2cccc(F)c2)CC1. The van der Waals surface area contributed by atoms with Crippen LogP contribution < -0.4 is 5.32 Å². The Bertz CT molecular complexity index is 425. The number of rotatable bonds is 5. The maximum Gasteiger partial charge on any atom is 0.123 e. The zero-order valence-electron chi connectivity index (χ0n) is 12.8. The summed E-state index contributed by atoms with van der Waals surface area (Å²) in [7, 11) is 2.17. The molecule has 20 heavy (non-hydrogen) atoms. The first-order chi connectivity index (χ1) is 9.47. The summed E-state index contributed by atoms with van der Waals surface area (Å²) in [4.78, 5) is 4.90. The molecule has 0 atom stereocenters. The van der Waals surface area contributed by atoms with Crippen LogP contribution >= 0.6 is 0 Å². The van der Waals surface area contributed by atoms with Crippen molar-refractivity contribution in [3.05, 3.63) is 35.6 Å². The minimum Gasteiger partial charge on any atom is -0.311 e. The highest BCUT2D eigenvalue weighted by molar-refractivity contribution is 5.16. The topological polar surface area (TPSA) is 18.5 Å². The second-order valence-electron chi connectivity index (χ2n) is 6.34. The fourth-order valence-electron chi connectivity index (χ4n) is 2.68. The van der Waals surface area contributed by atoms with E-state index in [1.807, 2.05) is 6.07 Å². The molecule has 1 heterocycles. The van der Waals surface area contributed by atoms with Crippen LogP contribution in [0.5, 0.6) is 0 Å². The Morgan fingerprint density at radius 3 is 2.55 bits per heavy atom. The normalized spacial score (nSPS) is 18.4. The third-order valence-corrected chi connectivity index (χ3v) is 4.14. The molecule has 1 aromatic carbocycles. The van der Waals surface area contributed by atoms with Gasteiger partial charge in [0.1, 0.15) is 5.82 Å². The molecular formula is C16H26FN3. The van der Waals surface area contributed by atoms with Gasteiger partial charge in [-0.2, -0.15) is 0 Å². The maximum absolute atomic E-state index is 13.1. The van der Waals surface area contributed by atoms with Gasteiger partial charge < -0.3 is 10.2 Å². The molecule has 0 amide bonds. The van der Waals surface area contributed by atoms with Crippen LogP contribution in [0.4, 0.5) is 4.39 Å². The molecule has 0 aromatic heterocycles. The predicted octanol–water partition coefficient (Wildman–Crippen LogP) is 1.94. The van der Waals surface area contributed by atoms with Gasteiger partial charge in [-0.25, -0.2) is 4.39 Å². The van der Waals surface area contributed by atoms with Crippen molar-refractivity contribution in [2.75, 3.05) is 39.8 Å². The van der Waals surface area contributed by atoms with Gasteiger partial charge in [0, 0.05) is 44.8 Å². The van der Waals surface area contributed by atoms with Crippen LogP contribution in [0, 0.1) is 5.82 Å². The van der Waals surface area contributed by atoms with E-state index in [-0.39, 0.29) is 11.4 Å². The maximum atomic E-state index is 13.1. The van der Waals surface area contributed by atoms with Crippen LogP contribution in [0.25, 0.3) is 0 Å². The lowest BCUT2D eigenvalue weighted by molar-refractivity contribution is 0.0618. The van der Waals surface area contributed by atoms with Gasteiger partial charge in [0.05, 0.1) is 0 Å². The number of halogens is 1. The number of piperazine rings is 1. The minimum atomic E-state index is -0.164. The second kappa shape index (κ2) is 6.66. The summed E-state index contributed by atoms with van der Waals surface area (Å²) in [5, 5.41) is 3.46. The zero-order valence-corrected chi connectivity index (χ0v) is 12.8. The number of nitrogens with one attached hydrogen (secondary N) is 1. The van der Waals surface area contributed by atoms with E-state index < -0.39 is 0 Å². The summed E-state index contributed by atoms with van der Waals surface area (Å²) in [5.41, 5.74) is 1.13. The summed E-state index contributed by atoms with van der Waals surface area (Å²) in [6.07, 6.45) is 0. The van der Waals surface area contributed by atoms with Gasteiger partial charge in [0.2, 0.25) is 0 Å². The van der Waals surface area contributed by atoms with E-state index in [0.717, 1.165) is 44.8 Å². The lowest BCUT2D eigenvalue weighted by Gasteiger charge is -2.43. The Morgan fingerprint density at radius 2 is 1.90 bits per heavy atom. The zero-order chi connectivity index (χ0) is 14.6. The Labute approximate surface area is 121 Å². The van der Waals surface area contributed by atoms with Gasteiger partial charge in [-0.1, -0.05) is 12.1 Å². The molecule has 0 saturated carbocycles. The minimum absolute atomic E-state index is 0.134. The van der Waals surface area contributed by atoms with Crippen LogP contribution in [0.1, 0.15) is 19.4 Å². The first-order valence-electron chi connectivity index (χ1n) is 7.36. The molecule has 3 nitrogen and oxygen atoms in total. The molecule has 112 valence electrons. The molecule has 1 aliphatic heterocycles. The van der Waals surface area contributed by atoms with Gasteiger partial charge in [-0.15, -0.1) is 0 Å². The molecule has 0 spiro atoms. The largest absolute Gasteiger partial charge is 0.311 e. The average Bonchev–Trinajstić information content (AvgIpc) is 2.39. The monoisotopic (exact) mass is 279 g/mol. The van der Waals surface area contributed by atoms with E-state index in [1.165, 1.54) is 6.07 Å². The predicted molar refractivity (Wildman–Crippen MR) is 81.3 cm³/mol. The molecule has 1 aromatic rings. The Balaban J connectivity index is 1.80. The van der Waals surface area contributed by atoms with Crippen molar-refractivity contribution in [2.24, 2.45) is 0 Å². The van der Waals surface area contributed by atoms with Crippen molar-refractivity contribution >= 4 is 0 Å². The molecule has 0 aliphatic carbocycles. The molecule has 2 rings (SSSR count). The smallest absolute Gasteiger partial charge is 0.123 e. The molecule has 1 aliphatic rings. The van der Waals surface area contributed by atoms with Crippen LogP contribution in [0.15, 0.2) is 24.3 Å². The van der Waals surface area contributed by atoms with E-state index in [1.54, 1.807) is 12.1 Å². The Kier molecular flexibility index (Phi) is 5.13. The van der Waals surface area contributed by atoms with E-state index in [4.69, 9.17) is 0 Å². The fraction of sp³-hybridized carbons (Fsp3) is 0.625. The quantitative estimate of drug-likeness (QED) is 0.888. The number of hydrogen-bond acceptors (Lipinski definition) is 3. The van der Waals surface area contributed by atoms with Crippen molar-refractivity contribution in [1.82, 2.24) is 15.1 Å². The standard InChI is InChI=1S/C16H26FN3/c1-16(2,20-9-7-19(3)8-10-20)13-18-12-14-5-4-6-15(17)11-14/h4-6,11,18H,7-10,12-13H2,1-3H3. The van der Waals surface area contributed by atoms with Crippen LogP contribution in [-0.4, -0.2) is 55.1 Å².